The Morgan fingerprint density at radius 1 is 1.20 bits per heavy atom. The lowest BCUT2D eigenvalue weighted by molar-refractivity contribution is 0.686. The lowest BCUT2D eigenvalue weighted by atomic mass is 10.2. The molecule has 0 atom stereocenters. The van der Waals surface area contributed by atoms with E-state index in [1.54, 1.807) is 6.33 Å². The molecule has 0 bridgehead atoms. The van der Waals surface area contributed by atoms with Crippen molar-refractivity contribution in [2.75, 3.05) is 23.7 Å². The van der Waals surface area contributed by atoms with Gasteiger partial charge in [0, 0.05) is 18.7 Å². The molecule has 0 aliphatic carbocycles. The Kier molecular flexibility index (Phi) is 4.34. The number of anilines is 2. The maximum atomic E-state index is 4.23. The smallest absolute Gasteiger partial charge is 0.134 e. The van der Waals surface area contributed by atoms with Gasteiger partial charge in [0.1, 0.15) is 18.0 Å². The van der Waals surface area contributed by atoms with Crippen LogP contribution in [-0.4, -0.2) is 23.1 Å². The van der Waals surface area contributed by atoms with Gasteiger partial charge in [-0.15, -0.1) is 0 Å². The van der Waals surface area contributed by atoms with Gasteiger partial charge in [-0.3, -0.25) is 0 Å². The fourth-order valence-electron chi connectivity index (χ4n) is 1.27. The van der Waals surface area contributed by atoms with Crippen molar-refractivity contribution in [2.45, 2.75) is 27.7 Å². The highest BCUT2D eigenvalue weighted by atomic mass is 15.1. The van der Waals surface area contributed by atoms with Crippen LogP contribution in [0.15, 0.2) is 6.33 Å². The van der Waals surface area contributed by atoms with Crippen molar-refractivity contribution in [3.8, 4) is 0 Å². The molecule has 1 aromatic heterocycles. The quantitative estimate of drug-likeness (QED) is 0.779. The highest BCUT2D eigenvalue weighted by Gasteiger charge is 2.05. The summed E-state index contributed by atoms with van der Waals surface area (Å²) in [5, 5.41) is 6.53. The van der Waals surface area contributed by atoms with Crippen LogP contribution in [0, 0.1) is 12.8 Å². The first-order valence-corrected chi connectivity index (χ1v) is 5.44. The molecule has 0 spiro atoms. The first kappa shape index (κ1) is 11.8. The van der Waals surface area contributed by atoms with Crippen LogP contribution in [-0.2, 0) is 0 Å². The van der Waals surface area contributed by atoms with Gasteiger partial charge in [-0.25, -0.2) is 9.97 Å². The van der Waals surface area contributed by atoms with E-state index in [1.807, 2.05) is 6.92 Å². The fourth-order valence-corrected chi connectivity index (χ4v) is 1.27. The molecule has 15 heavy (non-hydrogen) atoms. The molecule has 0 unspecified atom stereocenters. The summed E-state index contributed by atoms with van der Waals surface area (Å²) < 4.78 is 0. The predicted molar refractivity (Wildman–Crippen MR) is 64.3 cm³/mol. The van der Waals surface area contributed by atoms with Crippen LogP contribution in [0.5, 0.6) is 0 Å². The molecule has 0 aliphatic rings. The molecule has 1 heterocycles. The predicted octanol–water partition coefficient (Wildman–Crippen LogP) is 2.28. The molecular weight excluding hydrogens is 188 g/mol. The van der Waals surface area contributed by atoms with Gasteiger partial charge in [0.2, 0.25) is 0 Å². The van der Waals surface area contributed by atoms with Crippen molar-refractivity contribution < 1.29 is 0 Å². The molecule has 0 amide bonds. The van der Waals surface area contributed by atoms with Crippen LogP contribution in [0.25, 0.3) is 0 Å². The Labute approximate surface area is 91.5 Å². The van der Waals surface area contributed by atoms with Gasteiger partial charge in [0.15, 0.2) is 0 Å². The third kappa shape index (κ3) is 3.38. The molecule has 0 aromatic carbocycles. The van der Waals surface area contributed by atoms with Crippen molar-refractivity contribution >= 4 is 11.6 Å². The molecule has 0 aliphatic heterocycles. The number of hydrogen-bond acceptors (Lipinski definition) is 4. The lowest BCUT2D eigenvalue weighted by Gasteiger charge is -2.13. The zero-order valence-electron chi connectivity index (χ0n) is 9.96. The largest absolute Gasteiger partial charge is 0.370 e. The highest BCUT2D eigenvalue weighted by molar-refractivity contribution is 5.56. The molecular formula is C11H20N4. The van der Waals surface area contributed by atoms with Crippen molar-refractivity contribution in [3.05, 3.63) is 11.9 Å². The molecule has 4 heteroatoms. The summed E-state index contributed by atoms with van der Waals surface area (Å²) in [6.07, 6.45) is 1.59. The lowest BCUT2D eigenvalue weighted by Crippen LogP contribution is -2.12. The number of rotatable bonds is 5. The minimum Gasteiger partial charge on any atom is -0.370 e. The number of hydrogen-bond donors (Lipinski definition) is 2. The molecule has 4 nitrogen and oxygen atoms in total. The summed E-state index contributed by atoms with van der Waals surface area (Å²) in [5.41, 5.74) is 1.08. The third-order valence-electron chi connectivity index (χ3n) is 2.11. The van der Waals surface area contributed by atoms with E-state index in [1.165, 1.54) is 0 Å². The van der Waals surface area contributed by atoms with E-state index in [2.05, 4.69) is 41.4 Å². The van der Waals surface area contributed by atoms with Crippen LogP contribution in [0.1, 0.15) is 26.3 Å². The first-order chi connectivity index (χ1) is 7.15. The van der Waals surface area contributed by atoms with Crippen molar-refractivity contribution in [1.82, 2.24) is 9.97 Å². The Morgan fingerprint density at radius 2 is 1.80 bits per heavy atom. The van der Waals surface area contributed by atoms with Crippen molar-refractivity contribution in [1.29, 1.82) is 0 Å². The van der Waals surface area contributed by atoms with E-state index < -0.39 is 0 Å². The monoisotopic (exact) mass is 208 g/mol. The van der Waals surface area contributed by atoms with E-state index in [4.69, 9.17) is 0 Å². The number of nitrogens with one attached hydrogen (secondary N) is 2. The third-order valence-corrected chi connectivity index (χ3v) is 2.11. The summed E-state index contributed by atoms with van der Waals surface area (Å²) in [5.74, 6) is 2.45. The second kappa shape index (κ2) is 5.53. The standard InChI is InChI=1S/C11H20N4/c1-5-12-10-9(4)11(15-7-14-10)13-6-8(2)3/h7-8H,5-6H2,1-4H3,(H2,12,13,14,15). The normalized spacial score (nSPS) is 10.5. The van der Waals surface area contributed by atoms with Gasteiger partial charge >= 0.3 is 0 Å². The minimum atomic E-state index is 0.613. The van der Waals surface area contributed by atoms with Crippen molar-refractivity contribution in [3.63, 3.8) is 0 Å². The van der Waals surface area contributed by atoms with Crippen LogP contribution < -0.4 is 10.6 Å². The summed E-state index contributed by atoms with van der Waals surface area (Å²) in [7, 11) is 0. The zero-order chi connectivity index (χ0) is 11.3. The van der Waals surface area contributed by atoms with Crippen LogP contribution in [0.2, 0.25) is 0 Å². The van der Waals surface area contributed by atoms with Crippen LogP contribution in [0.4, 0.5) is 11.6 Å². The summed E-state index contributed by atoms with van der Waals surface area (Å²) in [6, 6.07) is 0. The SMILES string of the molecule is CCNc1ncnc(NCC(C)C)c1C. The second-order valence-corrected chi connectivity index (χ2v) is 4.00. The van der Waals surface area contributed by atoms with Gasteiger partial charge in [-0.05, 0) is 19.8 Å². The summed E-state index contributed by atoms with van der Waals surface area (Å²) in [4.78, 5) is 8.42. The van der Waals surface area contributed by atoms with E-state index in [9.17, 15) is 0 Å². The molecule has 0 fully saturated rings. The molecule has 1 aromatic rings. The first-order valence-electron chi connectivity index (χ1n) is 5.44. The molecule has 1 rings (SSSR count). The maximum absolute atomic E-state index is 4.23. The maximum Gasteiger partial charge on any atom is 0.134 e. The molecule has 84 valence electrons. The topological polar surface area (TPSA) is 49.8 Å². The number of nitrogens with zero attached hydrogens (tertiary/aromatic N) is 2. The zero-order valence-corrected chi connectivity index (χ0v) is 9.96. The molecule has 2 N–H and O–H groups in total. The molecule has 0 radical (unpaired) electrons. The van der Waals surface area contributed by atoms with Gasteiger partial charge in [-0.1, -0.05) is 13.8 Å². The van der Waals surface area contributed by atoms with E-state index in [0.29, 0.717) is 5.92 Å². The van der Waals surface area contributed by atoms with Gasteiger partial charge < -0.3 is 10.6 Å². The average Bonchev–Trinajstić information content (AvgIpc) is 2.19. The Hall–Kier alpha value is -1.32. The average molecular weight is 208 g/mol. The Bertz CT molecular complexity index is 309. The number of aromatic nitrogens is 2. The Morgan fingerprint density at radius 3 is 2.33 bits per heavy atom. The van der Waals surface area contributed by atoms with Gasteiger partial charge in [-0.2, -0.15) is 0 Å². The van der Waals surface area contributed by atoms with Crippen LogP contribution >= 0.6 is 0 Å². The Balaban J connectivity index is 2.75. The van der Waals surface area contributed by atoms with Gasteiger partial charge in [0.05, 0.1) is 0 Å². The van der Waals surface area contributed by atoms with E-state index >= 15 is 0 Å². The second-order valence-electron chi connectivity index (χ2n) is 4.00. The van der Waals surface area contributed by atoms with Crippen LogP contribution in [0.3, 0.4) is 0 Å². The minimum absolute atomic E-state index is 0.613. The summed E-state index contributed by atoms with van der Waals surface area (Å²) >= 11 is 0. The summed E-state index contributed by atoms with van der Waals surface area (Å²) in [6.45, 7) is 10.2. The van der Waals surface area contributed by atoms with E-state index in [-0.39, 0.29) is 0 Å². The van der Waals surface area contributed by atoms with Gasteiger partial charge in [0.25, 0.3) is 0 Å². The highest BCUT2D eigenvalue weighted by Crippen LogP contribution is 2.17. The molecule has 0 saturated heterocycles. The van der Waals surface area contributed by atoms with E-state index in [0.717, 1.165) is 30.3 Å². The molecule has 0 saturated carbocycles. The van der Waals surface area contributed by atoms with Crippen molar-refractivity contribution in [2.24, 2.45) is 5.92 Å². The fraction of sp³-hybridized carbons (Fsp3) is 0.636.